The molecule has 0 amide bonds. The molecule has 2 aromatic rings. The molecule has 6 nitrogen and oxygen atoms in total. The maximum atomic E-state index is 6.00. The molecule has 1 fully saturated rings. The average molecular weight is 484 g/mol. The summed E-state index contributed by atoms with van der Waals surface area (Å²) in [6.07, 6.45) is 6.10. The molecule has 1 saturated heterocycles. The number of ether oxygens (including phenoxy) is 3. The number of benzene rings is 1. The second-order valence-electron chi connectivity index (χ2n) is 10.3. The number of hydrogen-bond donors (Lipinski definition) is 0. The fourth-order valence-corrected chi connectivity index (χ4v) is 5.76. The van der Waals surface area contributed by atoms with E-state index in [-0.39, 0.29) is 12.3 Å². The number of aliphatic imine (C=N–C) groups is 1. The minimum absolute atomic E-state index is 0.154. The summed E-state index contributed by atoms with van der Waals surface area (Å²) in [5, 5.41) is 0. The van der Waals surface area contributed by atoms with E-state index < -0.39 is 8.07 Å². The highest BCUT2D eigenvalue weighted by atomic mass is 28.3. The lowest BCUT2D eigenvalue weighted by molar-refractivity contribution is -0.169. The molecule has 1 aliphatic heterocycles. The van der Waals surface area contributed by atoms with Crippen LogP contribution < -0.4 is 4.74 Å². The lowest BCUT2D eigenvalue weighted by atomic mass is 10.2. The van der Waals surface area contributed by atoms with Crippen LogP contribution in [0.2, 0.25) is 19.6 Å². The number of hydrogen-bond acceptors (Lipinski definition) is 6. The van der Waals surface area contributed by atoms with Crippen LogP contribution in [0.4, 0.5) is 0 Å². The van der Waals surface area contributed by atoms with E-state index >= 15 is 0 Å². The molecule has 1 unspecified atom stereocenters. The van der Waals surface area contributed by atoms with E-state index in [9.17, 15) is 0 Å². The van der Waals surface area contributed by atoms with Gasteiger partial charge >= 0.3 is 0 Å². The molecule has 0 saturated carbocycles. The first-order valence-corrected chi connectivity index (χ1v) is 16.1. The van der Waals surface area contributed by atoms with Gasteiger partial charge in [-0.25, -0.2) is 4.98 Å². The zero-order chi connectivity index (χ0) is 24.4. The molecule has 1 aromatic heterocycles. The van der Waals surface area contributed by atoms with E-state index in [2.05, 4.69) is 66.8 Å². The number of nitrogens with zero attached hydrogens (tertiary/aromatic N) is 3. The molecule has 2 atom stereocenters. The van der Waals surface area contributed by atoms with E-state index in [1.807, 2.05) is 18.3 Å². The Morgan fingerprint density at radius 2 is 1.97 bits per heavy atom. The van der Waals surface area contributed by atoms with Crippen molar-refractivity contribution in [2.75, 3.05) is 26.4 Å². The molecule has 1 aromatic carbocycles. The Balaban J connectivity index is 1.66. The quantitative estimate of drug-likeness (QED) is 0.302. The molecular formula is C27H41N3O3Si. The summed E-state index contributed by atoms with van der Waals surface area (Å²) in [6.45, 7) is 12.5. The summed E-state index contributed by atoms with van der Waals surface area (Å²) in [6, 6.07) is 14.8. The first-order chi connectivity index (χ1) is 16.3. The van der Waals surface area contributed by atoms with Gasteiger partial charge in [0.25, 0.3) is 0 Å². The van der Waals surface area contributed by atoms with Gasteiger partial charge in [-0.05, 0) is 44.0 Å². The zero-order valence-corrected chi connectivity index (χ0v) is 22.5. The van der Waals surface area contributed by atoms with E-state index in [0.717, 1.165) is 56.4 Å². The predicted molar refractivity (Wildman–Crippen MR) is 141 cm³/mol. The fraction of sp³-hybridized carbons (Fsp3) is 0.556. The molecule has 2 heterocycles. The maximum Gasteiger partial charge on any atom is 0.213 e. The highest BCUT2D eigenvalue weighted by molar-refractivity contribution is 6.76. The predicted octanol–water partition coefficient (Wildman–Crippen LogP) is 5.32. The van der Waals surface area contributed by atoms with Gasteiger partial charge in [0, 0.05) is 37.5 Å². The summed E-state index contributed by atoms with van der Waals surface area (Å²) < 4.78 is 17.0. The van der Waals surface area contributed by atoms with Crippen LogP contribution in [-0.2, 0) is 22.6 Å². The van der Waals surface area contributed by atoms with Gasteiger partial charge in [0.1, 0.15) is 0 Å². The third-order valence-electron chi connectivity index (χ3n) is 5.67. The molecular weight excluding hydrogens is 442 g/mol. The highest BCUT2D eigenvalue weighted by Crippen LogP contribution is 2.18. The summed E-state index contributed by atoms with van der Waals surface area (Å²) in [4.78, 5) is 12.1. The Morgan fingerprint density at radius 1 is 1.18 bits per heavy atom. The standard InChI is InChI=1S/C27H41N3O3Si/c1-22(18-30(21-34(3,4)5)19-23-11-7-6-8-12-23)28-17-24-14-15-26(31-2)29-25(24)20-33-27-13-9-10-16-32-27/h6-8,11-12,14-15,17,22,27H,9-10,13,16,18-21H2,1-5H3/b28-17+/t22-,27?/m1/s1. The second-order valence-corrected chi connectivity index (χ2v) is 15.8. The summed E-state index contributed by atoms with van der Waals surface area (Å²) >= 11 is 0. The zero-order valence-electron chi connectivity index (χ0n) is 21.5. The molecule has 34 heavy (non-hydrogen) atoms. The SMILES string of the molecule is COc1ccc(/C=N/[C@H](C)CN(Cc2ccccc2)C[Si](C)(C)C)c(COC2CCCCO2)n1. The Kier molecular flexibility index (Phi) is 10.3. The Labute approximate surface area is 206 Å². The van der Waals surface area contributed by atoms with Gasteiger partial charge in [-0.15, -0.1) is 0 Å². The number of rotatable bonds is 12. The molecule has 0 aliphatic carbocycles. The minimum Gasteiger partial charge on any atom is -0.481 e. The number of aromatic nitrogens is 1. The van der Waals surface area contributed by atoms with Gasteiger partial charge in [0.2, 0.25) is 5.88 Å². The molecule has 7 heteroatoms. The van der Waals surface area contributed by atoms with Crippen molar-refractivity contribution in [2.45, 2.75) is 71.3 Å². The lowest BCUT2D eigenvalue weighted by Crippen LogP contribution is -2.42. The topological polar surface area (TPSA) is 56.2 Å². The summed E-state index contributed by atoms with van der Waals surface area (Å²) in [5.74, 6) is 0.581. The lowest BCUT2D eigenvalue weighted by Gasteiger charge is -2.30. The van der Waals surface area contributed by atoms with Crippen molar-refractivity contribution < 1.29 is 14.2 Å². The molecule has 3 rings (SSSR count). The molecule has 0 N–H and O–H groups in total. The van der Waals surface area contributed by atoms with Crippen molar-refractivity contribution in [3.05, 3.63) is 59.3 Å². The summed E-state index contributed by atoms with van der Waals surface area (Å²) in [7, 11) is 0.379. The van der Waals surface area contributed by atoms with E-state index in [4.69, 9.17) is 19.2 Å². The Hall–Kier alpha value is -2.06. The summed E-state index contributed by atoms with van der Waals surface area (Å²) in [5.41, 5.74) is 3.14. The monoisotopic (exact) mass is 483 g/mol. The molecule has 0 radical (unpaired) electrons. The normalized spacial score (nSPS) is 17.9. The average Bonchev–Trinajstić information content (AvgIpc) is 2.82. The molecule has 186 valence electrons. The van der Waals surface area contributed by atoms with Crippen LogP contribution in [0.5, 0.6) is 5.88 Å². The van der Waals surface area contributed by atoms with Crippen LogP contribution in [0, 0.1) is 0 Å². The first kappa shape index (κ1) is 26.5. The Bertz CT molecular complexity index is 896. The van der Waals surface area contributed by atoms with Gasteiger partial charge in [0.15, 0.2) is 6.29 Å². The largest absolute Gasteiger partial charge is 0.481 e. The van der Waals surface area contributed by atoms with Crippen LogP contribution in [0.25, 0.3) is 0 Å². The van der Waals surface area contributed by atoms with Crippen molar-refractivity contribution >= 4 is 14.3 Å². The van der Waals surface area contributed by atoms with Crippen LogP contribution in [0.3, 0.4) is 0 Å². The third kappa shape index (κ3) is 9.29. The van der Waals surface area contributed by atoms with Gasteiger partial charge in [-0.3, -0.25) is 9.89 Å². The number of methoxy groups -OCH3 is 1. The van der Waals surface area contributed by atoms with Gasteiger partial charge in [0.05, 0.1) is 33.5 Å². The van der Waals surface area contributed by atoms with Gasteiger partial charge < -0.3 is 14.2 Å². The van der Waals surface area contributed by atoms with Gasteiger partial charge in [-0.1, -0.05) is 50.0 Å². The maximum absolute atomic E-state index is 6.00. The molecule has 0 bridgehead atoms. The van der Waals surface area contributed by atoms with Crippen molar-refractivity contribution in [1.29, 1.82) is 0 Å². The van der Waals surface area contributed by atoms with Crippen LogP contribution in [0.15, 0.2) is 47.5 Å². The van der Waals surface area contributed by atoms with Crippen molar-refractivity contribution in [3.63, 3.8) is 0 Å². The van der Waals surface area contributed by atoms with Crippen molar-refractivity contribution in [3.8, 4) is 5.88 Å². The highest BCUT2D eigenvalue weighted by Gasteiger charge is 2.20. The van der Waals surface area contributed by atoms with E-state index in [0.29, 0.717) is 12.5 Å². The van der Waals surface area contributed by atoms with E-state index in [1.165, 1.54) is 5.56 Å². The van der Waals surface area contributed by atoms with Crippen molar-refractivity contribution in [2.24, 2.45) is 4.99 Å². The minimum atomic E-state index is -1.25. The van der Waals surface area contributed by atoms with Crippen molar-refractivity contribution in [1.82, 2.24) is 9.88 Å². The third-order valence-corrected chi connectivity index (χ3v) is 7.07. The molecule has 0 spiro atoms. The van der Waals surface area contributed by atoms with Crippen LogP contribution in [-0.4, -0.2) is 62.9 Å². The first-order valence-electron chi connectivity index (χ1n) is 12.4. The smallest absolute Gasteiger partial charge is 0.213 e. The van der Waals surface area contributed by atoms with Gasteiger partial charge in [-0.2, -0.15) is 0 Å². The van der Waals surface area contributed by atoms with E-state index in [1.54, 1.807) is 7.11 Å². The molecule has 1 aliphatic rings. The van der Waals surface area contributed by atoms with Crippen LogP contribution in [0.1, 0.15) is 43.0 Å². The second kappa shape index (κ2) is 13.1. The fourth-order valence-electron chi connectivity index (χ4n) is 4.18. The number of pyridine rings is 1. The van der Waals surface area contributed by atoms with Crippen LogP contribution >= 0.6 is 0 Å². The Morgan fingerprint density at radius 3 is 2.65 bits per heavy atom.